The molecule has 0 aliphatic heterocycles. The van der Waals surface area contributed by atoms with Gasteiger partial charge in [-0.25, -0.2) is 0 Å². The van der Waals surface area contributed by atoms with Gasteiger partial charge in [-0.2, -0.15) is 0 Å². The van der Waals surface area contributed by atoms with Gasteiger partial charge in [0.15, 0.2) is 0 Å². The van der Waals surface area contributed by atoms with Gasteiger partial charge in [0.05, 0.1) is 11.0 Å². The summed E-state index contributed by atoms with van der Waals surface area (Å²) < 4.78 is 0. The van der Waals surface area contributed by atoms with E-state index >= 15 is 0 Å². The number of fused-ring (bicyclic) bond motifs is 3. The van der Waals surface area contributed by atoms with E-state index in [0.29, 0.717) is 0 Å². The number of nitrogens with zero attached hydrogens (tertiary/aromatic N) is 2. The molecule has 17 heavy (non-hydrogen) atoms. The average Bonchev–Trinajstić information content (AvgIpc) is 2.38. The summed E-state index contributed by atoms with van der Waals surface area (Å²) in [6.45, 7) is 2.05. The van der Waals surface area contributed by atoms with Gasteiger partial charge in [-0.15, -0.1) is 0 Å². The van der Waals surface area contributed by atoms with Crippen LogP contribution in [0.4, 0.5) is 0 Å². The molecule has 0 aliphatic rings. The molecule has 0 aliphatic carbocycles. The summed E-state index contributed by atoms with van der Waals surface area (Å²) in [6.07, 6.45) is 3.63. The molecule has 78 valence electrons. The van der Waals surface area contributed by atoms with Crippen LogP contribution in [0.1, 0.15) is 0 Å². The second kappa shape index (κ2) is 5.24. The molecule has 0 saturated heterocycles. The molecule has 4 heteroatoms. The Morgan fingerprint density at radius 1 is 1.00 bits per heavy atom. The van der Waals surface area contributed by atoms with Gasteiger partial charge >= 0.3 is 0 Å². The van der Waals surface area contributed by atoms with Crippen LogP contribution in [-0.4, -0.2) is 17.2 Å². The minimum absolute atomic E-state index is 0. The van der Waals surface area contributed by atoms with Gasteiger partial charge in [0.2, 0.25) is 0 Å². The third kappa shape index (κ3) is 2.14. The molecule has 0 amide bonds. The molecule has 3 aromatic rings. The number of pyridine rings is 2. The van der Waals surface area contributed by atoms with Crippen LogP contribution in [0.3, 0.4) is 0 Å². The molecule has 3 rings (SSSR count). The molecular formula is C13H10BN2Y. The maximum Gasteiger partial charge on any atom is 0.149 e. The fourth-order valence-corrected chi connectivity index (χ4v) is 2.04. The molecule has 0 N–H and O–H groups in total. The minimum atomic E-state index is 0. The molecule has 0 unspecified atom stereocenters. The first-order valence-corrected chi connectivity index (χ1v) is 5.32. The molecule has 2 heterocycles. The summed E-state index contributed by atoms with van der Waals surface area (Å²) in [5.41, 5.74) is 3.17. The van der Waals surface area contributed by atoms with Crippen LogP contribution in [0.15, 0.2) is 42.7 Å². The van der Waals surface area contributed by atoms with Crippen molar-refractivity contribution in [2.24, 2.45) is 0 Å². The van der Waals surface area contributed by atoms with E-state index < -0.39 is 0 Å². The Kier molecular flexibility index (Phi) is 3.90. The summed E-state index contributed by atoms with van der Waals surface area (Å²) in [7, 11) is 2.11. The van der Waals surface area contributed by atoms with Crippen molar-refractivity contribution in [1.29, 1.82) is 0 Å². The molecule has 2 aromatic heterocycles. The maximum atomic E-state index is 4.44. The van der Waals surface area contributed by atoms with E-state index in [4.69, 9.17) is 0 Å². The van der Waals surface area contributed by atoms with Crippen molar-refractivity contribution in [3.05, 3.63) is 42.7 Å². The second-order valence-corrected chi connectivity index (χ2v) is 3.73. The van der Waals surface area contributed by atoms with Gasteiger partial charge in [0, 0.05) is 50.5 Å². The standard InChI is InChI=1S/C13H10BN2.Y/c1-14-11-8-9-4-2-6-15-12(9)13-10(11)5-3-7-16-13;/h2-8H,1H3;. The number of rotatable bonds is 1. The van der Waals surface area contributed by atoms with Crippen molar-refractivity contribution in [2.75, 3.05) is 0 Å². The molecule has 2 nitrogen and oxygen atoms in total. The van der Waals surface area contributed by atoms with Gasteiger partial charge < -0.3 is 0 Å². The molecular weight excluding hydrogens is 284 g/mol. The maximum absolute atomic E-state index is 4.44. The Labute approximate surface area is 126 Å². The van der Waals surface area contributed by atoms with Gasteiger partial charge in [0.1, 0.15) is 7.28 Å². The summed E-state index contributed by atoms with van der Waals surface area (Å²) in [6, 6.07) is 10.2. The van der Waals surface area contributed by atoms with Crippen LogP contribution >= 0.6 is 0 Å². The molecule has 1 aromatic carbocycles. The Bertz CT molecular complexity index is 670. The monoisotopic (exact) mass is 294 g/mol. The Hall–Kier alpha value is -0.791. The largest absolute Gasteiger partial charge is 0.254 e. The minimum Gasteiger partial charge on any atom is -0.254 e. The number of hydrogen-bond acceptors (Lipinski definition) is 2. The first kappa shape index (κ1) is 12.7. The predicted octanol–water partition coefficient (Wildman–Crippen LogP) is 2.16. The summed E-state index contributed by atoms with van der Waals surface area (Å²) in [4.78, 5) is 8.84. The molecule has 0 bridgehead atoms. The van der Waals surface area contributed by atoms with Gasteiger partial charge in [0.25, 0.3) is 0 Å². The summed E-state index contributed by atoms with van der Waals surface area (Å²) in [5.74, 6) is 0. The third-order valence-corrected chi connectivity index (χ3v) is 2.80. The summed E-state index contributed by atoms with van der Waals surface area (Å²) in [5, 5.41) is 2.30. The van der Waals surface area contributed by atoms with Gasteiger partial charge in [-0.3, -0.25) is 9.97 Å². The predicted molar refractivity (Wildman–Crippen MR) is 68.3 cm³/mol. The fraction of sp³-hybridized carbons (Fsp3) is 0.0769. The first-order valence-electron chi connectivity index (χ1n) is 5.32. The zero-order valence-electron chi connectivity index (χ0n) is 9.59. The second-order valence-electron chi connectivity index (χ2n) is 3.73. The van der Waals surface area contributed by atoms with E-state index in [1.807, 2.05) is 31.3 Å². The van der Waals surface area contributed by atoms with E-state index in [2.05, 4.69) is 35.4 Å². The van der Waals surface area contributed by atoms with Crippen molar-refractivity contribution < 1.29 is 32.7 Å². The van der Waals surface area contributed by atoms with E-state index in [9.17, 15) is 0 Å². The van der Waals surface area contributed by atoms with Crippen molar-refractivity contribution >= 4 is 34.5 Å². The van der Waals surface area contributed by atoms with E-state index in [1.165, 1.54) is 5.46 Å². The molecule has 0 saturated carbocycles. The summed E-state index contributed by atoms with van der Waals surface area (Å²) >= 11 is 0. The molecule has 0 fully saturated rings. The average molecular weight is 294 g/mol. The van der Waals surface area contributed by atoms with Crippen molar-refractivity contribution in [1.82, 2.24) is 9.97 Å². The van der Waals surface area contributed by atoms with E-state index in [-0.39, 0.29) is 32.7 Å². The van der Waals surface area contributed by atoms with Gasteiger partial charge in [-0.1, -0.05) is 30.5 Å². The van der Waals surface area contributed by atoms with Crippen LogP contribution in [0.5, 0.6) is 0 Å². The fourth-order valence-electron chi connectivity index (χ4n) is 2.04. The van der Waals surface area contributed by atoms with Crippen molar-refractivity contribution in [2.45, 2.75) is 6.82 Å². The normalized spacial score (nSPS) is 10.2. The third-order valence-electron chi connectivity index (χ3n) is 2.80. The number of hydrogen-bond donors (Lipinski definition) is 0. The van der Waals surface area contributed by atoms with E-state index in [0.717, 1.165) is 21.8 Å². The topological polar surface area (TPSA) is 25.8 Å². The molecule has 0 spiro atoms. The zero-order valence-corrected chi connectivity index (χ0v) is 12.4. The Balaban J connectivity index is 0.00000108. The quantitative estimate of drug-likeness (QED) is 0.508. The van der Waals surface area contributed by atoms with Crippen LogP contribution in [0.2, 0.25) is 6.82 Å². The van der Waals surface area contributed by atoms with E-state index in [1.54, 1.807) is 0 Å². The zero-order chi connectivity index (χ0) is 11.0. The number of benzene rings is 1. The van der Waals surface area contributed by atoms with Crippen LogP contribution in [-0.2, 0) is 32.7 Å². The Morgan fingerprint density at radius 2 is 1.71 bits per heavy atom. The van der Waals surface area contributed by atoms with Gasteiger partial charge in [-0.05, 0) is 17.5 Å². The van der Waals surface area contributed by atoms with Crippen LogP contribution < -0.4 is 5.46 Å². The van der Waals surface area contributed by atoms with Crippen LogP contribution in [0, 0.1) is 0 Å². The number of aromatic nitrogens is 2. The SMILES string of the molecule is C[B]c1cc2cccnc2c2ncccc12.[Y]. The molecule has 2 radical (unpaired) electrons. The first-order chi connectivity index (χ1) is 7.90. The van der Waals surface area contributed by atoms with Crippen molar-refractivity contribution in [3.8, 4) is 0 Å². The van der Waals surface area contributed by atoms with Crippen molar-refractivity contribution in [3.63, 3.8) is 0 Å². The Morgan fingerprint density at radius 3 is 2.47 bits per heavy atom. The van der Waals surface area contributed by atoms with Crippen LogP contribution in [0.25, 0.3) is 21.8 Å². The molecule has 0 atom stereocenters. The smallest absolute Gasteiger partial charge is 0.149 e.